The van der Waals surface area contributed by atoms with E-state index in [0.717, 1.165) is 16.8 Å². The van der Waals surface area contributed by atoms with Crippen molar-refractivity contribution >= 4 is 0 Å². The molecule has 0 saturated carbocycles. The van der Waals surface area contributed by atoms with E-state index in [1.165, 1.54) is 12.1 Å². The third kappa shape index (κ3) is 1.49. The molecular weight excluding hydrogens is 231 g/mol. The van der Waals surface area contributed by atoms with Gasteiger partial charge in [0, 0.05) is 5.56 Å². The standard InChI is InChI=1S/C14H15FN2O/c1-8(2)14(18)13-10-4-3-9(15)5-11(10)12-6-16-7-17(12)13/h3-8,13-14,18H,1-2H3. The van der Waals surface area contributed by atoms with Gasteiger partial charge in [0.15, 0.2) is 0 Å². The van der Waals surface area contributed by atoms with Crippen LogP contribution in [0.5, 0.6) is 0 Å². The minimum atomic E-state index is -0.510. The Bertz CT molecular complexity index is 591. The molecule has 0 amide bonds. The number of rotatable bonds is 2. The average Bonchev–Trinajstić information content (AvgIpc) is 2.88. The summed E-state index contributed by atoms with van der Waals surface area (Å²) in [7, 11) is 0. The van der Waals surface area contributed by atoms with Crippen LogP contribution in [0.3, 0.4) is 0 Å². The lowest BCUT2D eigenvalue weighted by Gasteiger charge is -2.24. The van der Waals surface area contributed by atoms with Gasteiger partial charge in [0.2, 0.25) is 0 Å². The maximum atomic E-state index is 13.4. The van der Waals surface area contributed by atoms with Crippen molar-refractivity contribution < 1.29 is 9.50 Å². The normalized spacial score (nSPS) is 18.8. The van der Waals surface area contributed by atoms with Gasteiger partial charge in [-0.2, -0.15) is 0 Å². The van der Waals surface area contributed by atoms with Crippen LogP contribution in [0.25, 0.3) is 11.3 Å². The molecule has 0 bridgehead atoms. The molecule has 1 aliphatic heterocycles. The summed E-state index contributed by atoms with van der Waals surface area (Å²) >= 11 is 0. The third-order valence-electron chi connectivity index (χ3n) is 3.58. The zero-order valence-corrected chi connectivity index (χ0v) is 10.3. The van der Waals surface area contributed by atoms with Gasteiger partial charge >= 0.3 is 0 Å². The van der Waals surface area contributed by atoms with Crippen molar-refractivity contribution in [1.29, 1.82) is 0 Å². The van der Waals surface area contributed by atoms with E-state index in [4.69, 9.17) is 0 Å². The van der Waals surface area contributed by atoms with Crippen LogP contribution in [0, 0.1) is 11.7 Å². The van der Waals surface area contributed by atoms with Gasteiger partial charge < -0.3 is 9.67 Å². The zero-order valence-electron chi connectivity index (χ0n) is 10.3. The molecule has 1 N–H and O–H groups in total. The minimum Gasteiger partial charge on any atom is -0.390 e. The first kappa shape index (κ1) is 11.4. The van der Waals surface area contributed by atoms with Gasteiger partial charge in [0.1, 0.15) is 5.82 Å². The van der Waals surface area contributed by atoms with Crippen molar-refractivity contribution in [3.05, 3.63) is 42.1 Å². The first-order valence-corrected chi connectivity index (χ1v) is 6.09. The molecule has 0 radical (unpaired) electrons. The number of aliphatic hydroxyl groups is 1. The predicted molar refractivity (Wildman–Crippen MR) is 66.6 cm³/mol. The molecule has 0 saturated heterocycles. The van der Waals surface area contributed by atoms with Crippen LogP contribution in [0.2, 0.25) is 0 Å². The lowest BCUT2D eigenvalue weighted by molar-refractivity contribution is 0.0879. The van der Waals surface area contributed by atoms with E-state index in [1.54, 1.807) is 18.6 Å². The Labute approximate surface area is 105 Å². The van der Waals surface area contributed by atoms with Crippen LogP contribution in [0.4, 0.5) is 4.39 Å². The molecule has 1 aromatic carbocycles. The second-order valence-electron chi connectivity index (χ2n) is 5.10. The Morgan fingerprint density at radius 3 is 2.89 bits per heavy atom. The molecule has 2 heterocycles. The number of hydrogen-bond acceptors (Lipinski definition) is 2. The van der Waals surface area contributed by atoms with Gasteiger partial charge in [-0.3, -0.25) is 0 Å². The van der Waals surface area contributed by atoms with E-state index < -0.39 is 6.10 Å². The van der Waals surface area contributed by atoms with Gasteiger partial charge in [-0.1, -0.05) is 19.9 Å². The van der Waals surface area contributed by atoms with E-state index in [-0.39, 0.29) is 17.8 Å². The van der Waals surface area contributed by atoms with Crippen LogP contribution in [-0.2, 0) is 0 Å². The number of benzene rings is 1. The molecule has 0 spiro atoms. The molecule has 0 aliphatic carbocycles. The highest BCUT2D eigenvalue weighted by molar-refractivity contribution is 5.69. The largest absolute Gasteiger partial charge is 0.390 e. The van der Waals surface area contributed by atoms with Crippen LogP contribution in [-0.4, -0.2) is 20.8 Å². The monoisotopic (exact) mass is 246 g/mol. The Morgan fingerprint density at radius 1 is 1.39 bits per heavy atom. The topological polar surface area (TPSA) is 38.1 Å². The second kappa shape index (κ2) is 3.92. The van der Waals surface area contributed by atoms with E-state index >= 15 is 0 Å². The lowest BCUT2D eigenvalue weighted by Crippen LogP contribution is -2.27. The van der Waals surface area contributed by atoms with E-state index in [2.05, 4.69) is 4.98 Å². The van der Waals surface area contributed by atoms with E-state index in [9.17, 15) is 9.50 Å². The lowest BCUT2D eigenvalue weighted by atomic mass is 9.93. The molecule has 2 atom stereocenters. The fraction of sp³-hybridized carbons (Fsp3) is 0.357. The highest BCUT2D eigenvalue weighted by Crippen LogP contribution is 2.42. The summed E-state index contributed by atoms with van der Waals surface area (Å²) in [5.74, 6) is -0.137. The molecule has 4 heteroatoms. The van der Waals surface area contributed by atoms with Gasteiger partial charge in [0.05, 0.1) is 30.4 Å². The van der Waals surface area contributed by atoms with Crippen molar-refractivity contribution in [1.82, 2.24) is 9.55 Å². The second-order valence-corrected chi connectivity index (χ2v) is 5.10. The highest BCUT2D eigenvalue weighted by Gasteiger charge is 2.34. The van der Waals surface area contributed by atoms with Crippen LogP contribution >= 0.6 is 0 Å². The Kier molecular flexibility index (Phi) is 2.48. The number of halogens is 1. The Hall–Kier alpha value is -1.68. The van der Waals surface area contributed by atoms with Crippen molar-refractivity contribution in [2.75, 3.05) is 0 Å². The summed E-state index contributed by atoms with van der Waals surface area (Å²) in [5.41, 5.74) is 2.67. The molecule has 2 aromatic rings. The number of fused-ring (bicyclic) bond motifs is 3. The summed E-state index contributed by atoms with van der Waals surface area (Å²) in [5, 5.41) is 10.4. The minimum absolute atomic E-state index is 0.126. The molecule has 2 unspecified atom stereocenters. The zero-order chi connectivity index (χ0) is 12.9. The molecule has 94 valence electrons. The number of aromatic nitrogens is 2. The van der Waals surface area contributed by atoms with Gasteiger partial charge in [-0.25, -0.2) is 9.37 Å². The van der Waals surface area contributed by atoms with Gasteiger partial charge in [0.25, 0.3) is 0 Å². The maximum absolute atomic E-state index is 13.4. The van der Waals surface area contributed by atoms with Crippen molar-refractivity contribution in [2.24, 2.45) is 5.92 Å². The summed E-state index contributed by atoms with van der Waals surface area (Å²) in [6.07, 6.45) is 2.90. The van der Waals surface area contributed by atoms with Crippen molar-refractivity contribution in [3.63, 3.8) is 0 Å². The quantitative estimate of drug-likeness (QED) is 0.884. The molecular formula is C14H15FN2O. The summed E-state index contributed by atoms with van der Waals surface area (Å²) in [6, 6.07) is 4.54. The SMILES string of the molecule is CC(C)C(O)C1c2ccc(F)cc2-c2cncn21. The van der Waals surface area contributed by atoms with Crippen LogP contribution < -0.4 is 0 Å². The van der Waals surface area contributed by atoms with Gasteiger partial charge in [-0.15, -0.1) is 0 Å². The molecule has 3 rings (SSSR count). The van der Waals surface area contributed by atoms with Crippen molar-refractivity contribution in [3.8, 4) is 11.3 Å². The summed E-state index contributed by atoms with van der Waals surface area (Å²) in [6.45, 7) is 3.95. The third-order valence-corrected chi connectivity index (χ3v) is 3.58. The van der Waals surface area contributed by atoms with Crippen LogP contribution in [0.1, 0.15) is 25.5 Å². The fourth-order valence-electron chi connectivity index (χ4n) is 2.61. The first-order valence-electron chi connectivity index (χ1n) is 6.09. The predicted octanol–water partition coefficient (Wildman–Crippen LogP) is 2.61. The Morgan fingerprint density at radius 2 is 2.17 bits per heavy atom. The fourth-order valence-corrected chi connectivity index (χ4v) is 2.61. The Balaban J connectivity index is 2.19. The number of aliphatic hydroxyl groups excluding tert-OH is 1. The average molecular weight is 246 g/mol. The number of hydrogen-bond donors (Lipinski definition) is 1. The first-order chi connectivity index (χ1) is 8.59. The van der Waals surface area contributed by atoms with Gasteiger partial charge in [-0.05, 0) is 23.6 Å². The van der Waals surface area contributed by atoms with E-state index in [0.29, 0.717) is 0 Å². The molecule has 3 nitrogen and oxygen atoms in total. The molecule has 18 heavy (non-hydrogen) atoms. The molecule has 1 aliphatic rings. The summed E-state index contributed by atoms with van der Waals surface area (Å²) in [4.78, 5) is 4.09. The number of nitrogens with zero attached hydrogens (tertiary/aromatic N) is 2. The van der Waals surface area contributed by atoms with Crippen molar-refractivity contribution in [2.45, 2.75) is 26.0 Å². The smallest absolute Gasteiger partial charge is 0.123 e. The van der Waals surface area contributed by atoms with Crippen LogP contribution in [0.15, 0.2) is 30.7 Å². The molecule has 0 fully saturated rings. The molecule has 1 aromatic heterocycles. The van der Waals surface area contributed by atoms with E-state index in [1.807, 2.05) is 18.4 Å². The summed E-state index contributed by atoms with van der Waals surface area (Å²) < 4.78 is 15.3. The highest BCUT2D eigenvalue weighted by atomic mass is 19.1. The maximum Gasteiger partial charge on any atom is 0.123 e. The number of imidazole rings is 1.